The molecule has 1 amide bonds. The van der Waals surface area contributed by atoms with E-state index in [0.29, 0.717) is 6.42 Å². The molecule has 0 fully saturated rings. The van der Waals surface area contributed by atoms with Gasteiger partial charge in [-0.2, -0.15) is 0 Å². The molecular weight excluding hydrogens is 294 g/mol. The lowest BCUT2D eigenvalue weighted by Gasteiger charge is -2.25. The first-order chi connectivity index (χ1) is 10.8. The number of ether oxygens (including phenoxy) is 1. The SMILES string of the molecule is COc1ccc(CC(=O)N[C@H]2CCSc3ccccc32)cc1. The standard InChI is InChI=1S/C18H19NO2S/c1-21-14-8-6-13(7-9-14)12-18(20)19-16-10-11-22-17-5-3-2-4-15(16)17/h2-9,16H,10-12H2,1H3,(H,19,20)/t16-/m0/s1. The van der Waals surface area contributed by atoms with Crippen LogP contribution in [-0.4, -0.2) is 18.8 Å². The van der Waals surface area contributed by atoms with Crippen LogP contribution in [0.25, 0.3) is 0 Å². The Hall–Kier alpha value is -1.94. The molecule has 1 aliphatic heterocycles. The van der Waals surface area contributed by atoms with E-state index in [1.54, 1.807) is 7.11 Å². The van der Waals surface area contributed by atoms with Gasteiger partial charge in [-0.1, -0.05) is 30.3 Å². The minimum Gasteiger partial charge on any atom is -0.497 e. The zero-order chi connectivity index (χ0) is 15.4. The van der Waals surface area contributed by atoms with Gasteiger partial charge in [0.15, 0.2) is 0 Å². The van der Waals surface area contributed by atoms with Crippen molar-refractivity contribution in [3.05, 3.63) is 59.7 Å². The predicted octanol–water partition coefficient (Wildman–Crippen LogP) is 3.59. The van der Waals surface area contributed by atoms with E-state index < -0.39 is 0 Å². The van der Waals surface area contributed by atoms with Crippen molar-refractivity contribution in [2.24, 2.45) is 0 Å². The fourth-order valence-electron chi connectivity index (χ4n) is 2.67. The monoisotopic (exact) mass is 313 g/mol. The van der Waals surface area contributed by atoms with Crippen molar-refractivity contribution in [3.63, 3.8) is 0 Å². The summed E-state index contributed by atoms with van der Waals surface area (Å²) in [5, 5.41) is 3.17. The van der Waals surface area contributed by atoms with Gasteiger partial charge in [-0.05, 0) is 35.7 Å². The molecular formula is C18H19NO2S. The second kappa shape index (κ2) is 6.88. The largest absolute Gasteiger partial charge is 0.497 e. The zero-order valence-corrected chi connectivity index (χ0v) is 13.4. The number of carbonyl (C=O) groups is 1. The van der Waals surface area contributed by atoms with Crippen LogP contribution >= 0.6 is 11.8 Å². The fourth-order valence-corrected chi connectivity index (χ4v) is 3.79. The van der Waals surface area contributed by atoms with Gasteiger partial charge in [0.05, 0.1) is 19.6 Å². The zero-order valence-electron chi connectivity index (χ0n) is 12.5. The molecule has 0 aliphatic carbocycles. The molecule has 0 bridgehead atoms. The van der Waals surface area contributed by atoms with E-state index in [9.17, 15) is 4.79 Å². The number of thioether (sulfide) groups is 1. The van der Waals surface area contributed by atoms with Crippen LogP contribution in [0.4, 0.5) is 0 Å². The molecule has 2 aromatic rings. The molecule has 0 saturated heterocycles. The third-order valence-electron chi connectivity index (χ3n) is 3.82. The minimum atomic E-state index is 0.0665. The van der Waals surface area contributed by atoms with E-state index in [1.165, 1.54) is 10.5 Å². The number of amides is 1. The number of hydrogen-bond donors (Lipinski definition) is 1. The normalized spacial score (nSPS) is 16.7. The molecule has 1 heterocycles. The summed E-state index contributed by atoms with van der Waals surface area (Å²) in [6.45, 7) is 0. The summed E-state index contributed by atoms with van der Waals surface area (Å²) in [7, 11) is 1.64. The minimum absolute atomic E-state index is 0.0665. The first kappa shape index (κ1) is 15.0. The van der Waals surface area contributed by atoms with Crippen molar-refractivity contribution < 1.29 is 9.53 Å². The molecule has 3 nitrogen and oxygen atoms in total. The number of hydrogen-bond acceptors (Lipinski definition) is 3. The molecule has 22 heavy (non-hydrogen) atoms. The van der Waals surface area contributed by atoms with E-state index in [-0.39, 0.29) is 11.9 Å². The van der Waals surface area contributed by atoms with Crippen LogP contribution < -0.4 is 10.1 Å². The van der Waals surface area contributed by atoms with Crippen LogP contribution in [0.2, 0.25) is 0 Å². The summed E-state index contributed by atoms with van der Waals surface area (Å²) in [5.41, 5.74) is 2.23. The van der Waals surface area contributed by atoms with E-state index in [0.717, 1.165) is 23.5 Å². The number of methoxy groups -OCH3 is 1. The van der Waals surface area contributed by atoms with Gasteiger partial charge < -0.3 is 10.1 Å². The van der Waals surface area contributed by atoms with Gasteiger partial charge in [0.1, 0.15) is 5.75 Å². The Morgan fingerprint density at radius 2 is 2.00 bits per heavy atom. The molecule has 0 spiro atoms. The second-order valence-electron chi connectivity index (χ2n) is 5.32. The van der Waals surface area contributed by atoms with Gasteiger partial charge in [-0.15, -0.1) is 11.8 Å². The molecule has 0 saturated carbocycles. The molecule has 114 valence electrons. The summed E-state index contributed by atoms with van der Waals surface area (Å²) in [4.78, 5) is 13.6. The first-order valence-corrected chi connectivity index (χ1v) is 8.39. The predicted molar refractivity (Wildman–Crippen MR) is 89.4 cm³/mol. The number of fused-ring (bicyclic) bond motifs is 1. The van der Waals surface area contributed by atoms with Crippen molar-refractivity contribution in [1.29, 1.82) is 0 Å². The summed E-state index contributed by atoms with van der Waals surface area (Å²) in [6, 6.07) is 16.1. The summed E-state index contributed by atoms with van der Waals surface area (Å²) < 4.78 is 5.13. The maximum absolute atomic E-state index is 12.3. The van der Waals surface area contributed by atoms with Gasteiger partial charge >= 0.3 is 0 Å². The Balaban J connectivity index is 1.65. The Labute approximate surface area is 135 Å². The quantitative estimate of drug-likeness (QED) is 0.937. The smallest absolute Gasteiger partial charge is 0.224 e. The van der Waals surface area contributed by atoms with E-state index >= 15 is 0 Å². The number of rotatable bonds is 4. The van der Waals surface area contributed by atoms with Gasteiger partial charge in [0.25, 0.3) is 0 Å². The van der Waals surface area contributed by atoms with Crippen LogP contribution in [0.3, 0.4) is 0 Å². The maximum atomic E-state index is 12.3. The van der Waals surface area contributed by atoms with Crippen molar-refractivity contribution in [3.8, 4) is 5.75 Å². The molecule has 2 aromatic carbocycles. The van der Waals surface area contributed by atoms with Crippen LogP contribution in [-0.2, 0) is 11.2 Å². The lowest BCUT2D eigenvalue weighted by molar-refractivity contribution is -0.121. The van der Waals surface area contributed by atoms with E-state index in [4.69, 9.17) is 4.74 Å². The first-order valence-electron chi connectivity index (χ1n) is 7.40. The third-order valence-corrected chi connectivity index (χ3v) is 4.94. The molecule has 1 N–H and O–H groups in total. The van der Waals surface area contributed by atoms with Crippen LogP contribution in [0.5, 0.6) is 5.75 Å². The Bertz CT molecular complexity index is 654. The van der Waals surface area contributed by atoms with Crippen molar-refractivity contribution in [2.75, 3.05) is 12.9 Å². The fraction of sp³-hybridized carbons (Fsp3) is 0.278. The molecule has 3 rings (SSSR count). The average molecular weight is 313 g/mol. The lowest BCUT2D eigenvalue weighted by Crippen LogP contribution is -2.31. The van der Waals surface area contributed by atoms with Gasteiger partial charge in [0, 0.05) is 10.6 Å². The van der Waals surface area contributed by atoms with Crippen LogP contribution in [0.15, 0.2) is 53.4 Å². The summed E-state index contributed by atoms with van der Waals surface area (Å²) in [5.74, 6) is 1.92. The average Bonchev–Trinajstić information content (AvgIpc) is 2.56. The highest BCUT2D eigenvalue weighted by Gasteiger charge is 2.21. The highest BCUT2D eigenvalue weighted by molar-refractivity contribution is 7.99. The molecule has 1 aliphatic rings. The van der Waals surface area contributed by atoms with E-state index in [1.807, 2.05) is 48.2 Å². The summed E-state index contributed by atoms with van der Waals surface area (Å²) in [6.07, 6.45) is 1.38. The van der Waals surface area contributed by atoms with Gasteiger partial charge in [-0.25, -0.2) is 0 Å². The lowest BCUT2D eigenvalue weighted by atomic mass is 10.0. The number of carbonyl (C=O) groups excluding carboxylic acids is 1. The van der Waals surface area contributed by atoms with E-state index in [2.05, 4.69) is 17.4 Å². The van der Waals surface area contributed by atoms with Crippen molar-refractivity contribution in [1.82, 2.24) is 5.32 Å². The third kappa shape index (κ3) is 3.45. The molecule has 1 atom stereocenters. The topological polar surface area (TPSA) is 38.3 Å². The highest BCUT2D eigenvalue weighted by atomic mass is 32.2. The van der Waals surface area contributed by atoms with Crippen LogP contribution in [0, 0.1) is 0 Å². The number of benzene rings is 2. The maximum Gasteiger partial charge on any atom is 0.224 e. The second-order valence-corrected chi connectivity index (χ2v) is 6.46. The molecule has 0 aromatic heterocycles. The van der Waals surface area contributed by atoms with Crippen molar-refractivity contribution in [2.45, 2.75) is 23.8 Å². The Morgan fingerprint density at radius 3 is 2.77 bits per heavy atom. The molecule has 4 heteroatoms. The number of nitrogens with one attached hydrogen (secondary N) is 1. The highest BCUT2D eigenvalue weighted by Crippen LogP contribution is 2.35. The van der Waals surface area contributed by atoms with Crippen molar-refractivity contribution >= 4 is 17.7 Å². The Morgan fingerprint density at radius 1 is 1.23 bits per heavy atom. The van der Waals surface area contributed by atoms with Crippen LogP contribution in [0.1, 0.15) is 23.6 Å². The Kier molecular flexibility index (Phi) is 4.68. The molecule has 0 unspecified atom stereocenters. The van der Waals surface area contributed by atoms with Gasteiger partial charge in [-0.3, -0.25) is 4.79 Å². The van der Waals surface area contributed by atoms with Gasteiger partial charge in [0.2, 0.25) is 5.91 Å². The molecule has 0 radical (unpaired) electrons. The summed E-state index contributed by atoms with van der Waals surface area (Å²) >= 11 is 1.86.